The van der Waals surface area contributed by atoms with Crippen LogP contribution in [0.3, 0.4) is 0 Å². The molecule has 1 atom stereocenters. The lowest BCUT2D eigenvalue weighted by Crippen LogP contribution is -2.29. The van der Waals surface area contributed by atoms with E-state index in [1.807, 2.05) is 30.7 Å². The molecule has 1 amide bonds. The molecule has 0 saturated carbocycles. The van der Waals surface area contributed by atoms with Gasteiger partial charge in [-0.15, -0.1) is 10.2 Å². The molecule has 30 heavy (non-hydrogen) atoms. The highest BCUT2D eigenvalue weighted by molar-refractivity contribution is 7.98. The first-order valence-corrected chi connectivity index (χ1v) is 10.7. The molecule has 3 aromatic rings. The molecule has 0 spiro atoms. The number of alkyl halides is 3. The third-order valence-corrected chi connectivity index (χ3v) is 5.28. The van der Waals surface area contributed by atoms with Crippen LogP contribution in [0.1, 0.15) is 29.4 Å². The minimum atomic E-state index is -4.57. The van der Waals surface area contributed by atoms with Crippen molar-refractivity contribution in [3.63, 3.8) is 0 Å². The van der Waals surface area contributed by atoms with Crippen LogP contribution in [0.15, 0.2) is 48.7 Å². The number of carbonyl (C=O) groups is 1. The fourth-order valence-electron chi connectivity index (χ4n) is 2.85. The average Bonchev–Trinajstić information content (AvgIpc) is 3.13. The molecule has 0 fully saturated rings. The largest absolute Gasteiger partial charge is 0.417 e. The predicted molar refractivity (Wildman–Crippen MR) is 112 cm³/mol. The summed E-state index contributed by atoms with van der Waals surface area (Å²) < 4.78 is 40.8. The van der Waals surface area contributed by atoms with E-state index in [4.69, 9.17) is 11.6 Å². The number of hydrogen-bond acceptors (Lipinski definition) is 4. The Hall–Kier alpha value is -2.52. The molecule has 1 unspecified atom stereocenters. The molecular formula is C20H18ClF3N4OS. The number of nitrogens with zero attached hydrogens (tertiary/aromatic N) is 3. The highest BCUT2D eigenvalue weighted by Crippen LogP contribution is 2.35. The highest BCUT2D eigenvalue weighted by Gasteiger charge is 2.33. The normalized spacial score (nSPS) is 13.1. The quantitative estimate of drug-likeness (QED) is 0.509. The zero-order valence-electron chi connectivity index (χ0n) is 15.9. The van der Waals surface area contributed by atoms with Gasteiger partial charge in [0.1, 0.15) is 0 Å². The van der Waals surface area contributed by atoms with Crippen LogP contribution >= 0.6 is 23.4 Å². The smallest absolute Gasteiger partial charge is 0.342 e. The van der Waals surface area contributed by atoms with Gasteiger partial charge in [-0.2, -0.15) is 24.9 Å². The zero-order chi connectivity index (χ0) is 21.7. The minimum absolute atomic E-state index is 0.218. The van der Waals surface area contributed by atoms with Gasteiger partial charge in [-0.05, 0) is 54.3 Å². The molecule has 2 heterocycles. The number of aromatic nitrogens is 3. The summed E-state index contributed by atoms with van der Waals surface area (Å²) in [5.74, 6) is 0.923. The lowest BCUT2D eigenvalue weighted by molar-refractivity contribution is -0.137. The van der Waals surface area contributed by atoms with Crippen molar-refractivity contribution in [1.29, 1.82) is 0 Å². The molecule has 2 aromatic heterocycles. The second-order valence-corrected chi connectivity index (χ2v) is 7.79. The molecule has 1 N–H and O–H groups in total. The first-order chi connectivity index (χ1) is 14.3. The van der Waals surface area contributed by atoms with E-state index in [0.717, 1.165) is 17.9 Å². The molecule has 1 aromatic carbocycles. The molecule has 0 aliphatic rings. The number of hydrogen-bond donors (Lipinski definition) is 1. The maximum Gasteiger partial charge on any atom is 0.417 e. The lowest BCUT2D eigenvalue weighted by Gasteiger charge is -2.16. The maximum atomic E-state index is 13.0. The highest BCUT2D eigenvalue weighted by atomic mass is 35.5. The number of benzene rings is 1. The van der Waals surface area contributed by atoms with Crippen molar-refractivity contribution in [3.8, 4) is 0 Å². The number of carbonyl (C=O) groups excluding carboxylic acids is 1. The molecule has 0 aliphatic heterocycles. The van der Waals surface area contributed by atoms with E-state index in [1.165, 1.54) is 18.2 Å². The molecule has 158 valence electrons. The molecule has 0 bridgehead atoms. The van der Waals surface area contributed by atoms with E-state index in [9.17, 15) is 18.0 Å². The van der Waals surface area contributed by atoms with Crippen LogP contribution in [0.2, 0.25) is 5.02 Å². The van der Waals surface area contributed by atoms with Crippen LogP contribution in [-0.2, 0) is 11.0 Å². The van der Waals surface area contributed by atoms with E-state index in [2.05, 4.69) is 15.5 Å². The van der Waals surface area contributed by atoms with Gasteiger partial charge in [0.05, 0.1) is 16.6 Å². The van der Waals surface area contributed by atoms with E-state index >= 15 is 0 Å². The Morgan fingerprint density at radius 2 is 2.10 bits per heavy atom. The Morgan fingerprint density at radius 3 is 2.83 bits per heavy atom. The summed E-state index contributed by atoms with van der Waals surface area (Å²) in [7, 11) is 0. The van der Waals surface area contributed by atoms with Crippen LogP contribution in [0.4, 0.5) is 13.2 Å². The zero-order valence-corrected chi connectivity index (χ0v) is 17.4. The van der Waals surface area contributed by atoms with Crippen LogP contribution in [0.25, 0.3) is 11.7 Å². The molecule has 3 rings (SSSR count). The molecule has 0 aliphatic carbocycles. The molecule has 0 saturated heterocycles. The minimum Gasteiger partial charge on any atom is -0.342 e. The van der Waals surface area contributed by atoms with Gasteiger partial charge < -0.3 is 5.32 Å². The van der Waals surface area contributed by atoms with Crippen LogP contribution in [0.5, 0.6) is 0 Å². The number of halogens is 4. The third kappa shape index (κ3) is 5.34. The number of amides is 1. The van der Waals surface area contributed by atoms with Crippen LogP contribution in [0, 0.1) is 0 Å². The second kappa shape index (κ2) is 9.53. The third-order valence-electron chi connectivity index (χ3n) is 4.30. The van der Waals surface area contributed by atoms with Gasteiger partial charge in [0.25, 0.3) is 0 Å². The van der Waals surface area contributed by atoms with E-state index < -0.39 is 23.7 Å². The van der Waals surface area contributed by atoms with Gasteiger partial charge in [-0.3, -0.25) is 9.20 Å². The van der Waals surface area contributed by atoms with Crippen molar-refractivity contribution < 1.29 is 18.0 Å². The van der Waals surface area contributed by atoms with Gasteiger partial charge in [-0.1, -0.05) is 23.7 Å². The molecular weight excluding hydrogens is 437 g/mol. The van der Waals surface area contributed by atoms with Gasteiger partial charge in [0.15, 0.2) is 11.5 Å². The Bertz CT molecular complexity index is 1070. The number of nitrogens with one attached hydrogen (secondary N) is 1. The van der Waals surface area contributed by atoms with Gasteiger partial charge >= 0.3 is 6.18 Å². The Kier molecular flexibility index (Phi) is 7.04. The molecule has 5 nitrogen and oxygen atoms in total. The van der Waals surface area contributed by atoms with Crippen molar-refractivity contribution in [2.24, 2.45) is 0 Å². The number of thioether (sulfide) groups is 1. The van der Waals surface area contributed by atoms with Crippen molar-refractivity contribution in [3.05, 3.63) is 70.6 Å². The fraction of sp³-hybridized carbons (Fsp3) is 0.250. The number of pyridine rings is 1. The van der Waals surface area contributed by atoms with Gasteiger partial charge in [0.2, 0.25) is 5.91 Å². The number of rotatable bonds is 7. The number of fused-ring (bicyclic) bond motifs is 1. The Morgan fingerprint density at radius 1 is 1.30 bits per heavy atom. The lowest BCUT2D eigenvalue weighted by atomic mass is 10.1. The van der Waals surface area contributed by atoms with Gasteiger partial charge in [-0.25, -0.2) is 0 Å². The Balaban J connectivity index is 1.78. The monoisotopic (exact) mass is 454 g/mol. The van der Waals surface area contributed by atoms with E-state index in [-0.39, 0.29) is 10.6 Å². The SMILES string of the molecule is CSCCC(NC(=O)/C=C/c1ccc(Cl)c(C(F)(F)F)c1)c1nnc2ccccn12. The first kappa shape index (κ1) is 22.2. The molecule has 10 heteroatoms. The summed E-state index contributed by atoms with van der Waals surface area (Å²) in [6.45, 7) is 0. The van der Waals surface area contributed by atoms with Crippen molar-refractivity contribution in [2.45, 2.75) is 18.6 Å². The fourth-order valence-corrected chi connectivity index (χ4v) is 3.55. The van der Waals surface area contributed by atoms with Gasteiger partial charge in [0, 0.05) is 12.3 Å². The second-order valence-electron chi connectivity index (χ2n) is 6.40. The summed E-state index contributed by atoms with van der Waals surface area (Å²) in [5.41, 5.74) is -0.0674. The first-order valence-electron chi connectivity index (χ1n) is 8.93. The summed E-state index contributed by atoms with van der Waals surface area (Å²) in [6, 6.07) is 8.57. The summed E-state index contributed by atoms with van der Waals surface area (Å²) in [5, 5.41) is 10.8. The van der Waals surface area contributed by atoms with E-state index in [1.54, 1.807) is 16.2 Å². The maximum absolute atomic E-state index is 13.0. The van der Waals surface area contributed by atoms with Crippen LogP contribution in [-0.4, -0.2) is 32.5 Å². The van der Waals surface area contributed by atoms with E-state index in [0.29, 0.717) is 17.9 Å². The standard InChI is InChI=1S/C20H18ClF3N4OS/c1-30-11-9-16(19-27-26-17-4-2-3-10-28(17)19)25-18(29)8-6-13-5-7-15(21)14(12-13)20(22,23)24/h2-8,10,12,16H,9,11H2,1H3,(H,25,29)/b8-6+. The summed E-state index contributed by atoms with van der Waals surface area (Å²) in [4.78, 5) is 12.5. The summed E-state index contributed by atoms with van der Waals surface area (Å²) in [6.07, 6.45) is 2.33. The topological polar surface area (TPSA) is 59.3 Å². The molecule has 0 radical (unpaired) electrons. The Labute approximate surface area is 180 Å². The average molecular weight is 455 g/mol. The predicted octanol–water partition coefficient (Wildman–Crippen LogP) is 5.03. The van der Waals surface area contributed by atoms with Crippen LogP contribution < -0.4 is 5.32 Å². The van der Waals surface area contributed by atoms with Crippen molar-refractivity contribution in [2.75, 3.05) is 12.0 Å². The summed E-state index contributed by atoms with van der Waals surface area (Å²) >= 11 is 7.25. The van der Waals surface area contributed by atoms with Crippen molar-refractivity contribution >= 4 is 41.0 Å². The van der Waals surface area contributed by atoms with Crippen molar-refractivity contribution in [1.82, 2.24) is 19.9 Å².